The largest absolute Gasteiger partial charge is 0.396 e. The molecule has 100 valence electrons. The zero-order chi connectivity index (χ0) is 13.1. The molecule has 1 aromatic rings. The highest BCUT2D eigenvalue weighted by atomic mass is 35.5. The molecule has 0 amide bonds. The van der Waals surface area contributed by atoms with Crippen LogP contribution in [0.5, 0.6) is 0 Å². The van der Waals surface area contributed by atoms with E-state index in [0.29, 0.717) is 12.5 Å². The van der Waals surface area contributed by atoms with Crippen LogP contribution in [0, 0.1) is 19.8 Å². The van der Waals surface area contributed by atoms with Crippen LogP contribution in [0.2, 0.25) is 5.02 Å². The fourth-order valence-corrected chi connectivity index (χ4v) is 3.44. The highest BCUT2D eigenvalue weighted by Crippen LogP contribution is 2.34. The minimum atomic E-state index is 0.291. The normalized spacial score (nSPS) is 20.2. The van der Waals surface area contributed by atoms with Crippen LogP contribution in [0.3, 0.4) is 0 Å². The summed E-state index contributed by atoms with van der Waals surface area (Å²) >= 11 is 6.40. The second-order valence-electron chi connectivity index (χ2n) is 5.38. The second-order valence-corrected chi connectivity index (χ2v) is 5.79. The van der Waals surface area contributed by atoms with Gasteiger partial charge >= 0.3 is 0 Å². The molecule has 0 spiro atoms. The molecule has 1 saturated heterocycles. The summed E-state index contributed by atoms with van der Waals surface area (Å²) in [5.41, 5.74) is 3.65. The summed E-state index contributed by atoms with van der Waals surface area (Å²) in [7, 11) is 0. The Morgan fingerprint density at radius 3 is 2.83 bits per heavy atom. The maximum atomic E-state index is 9.08. The Bertz CT molecular complexity index is 394. The van der Waals surface area contributed by atoms with Gasteiger partial charge in [0, 0.05) is 19.7 Å². The number of anilines is 1. The predicted octanol–water partition coefficient (Wildman–Crippen LogP) is 3.56. The van der Waals surface area contributed by atoms with Gasteiger partial charge in [-0.2, -0.15) is 0 Å². The van der Waals surface area contributed by atoms with Crippen LogP contribution in [0.4, 0.5) is 5.69 Å². The lowest BCUT2D eigenvalue weighted by Crippen LogP contribution is -2.36. The van der Waals surface area contributed by atoms with Crippen molar-refractivity contribution in [1.82, 2.24) is 0 Å². The van der Waals surface area contributed by atoms with Crippen molar-refractivity contribution in [1.29, 1.82) is 0 Å². The molecule has 1 N–H and O–H groups in total. The average Bonchev–Trinajstić information content (AvgIpc) is 2.28. The van der Waals surface area contributed by atoms with Crippen LogP contribution in [-0.4, -0.2) is 24.8 Å². The Morgan fingerprint density at radius 1 is 1.39 bits per heavy atom. The smallest absolute Gasteiger partial charge is 0.0644 e. The van der Waals surface area contributed by atoms with Crippen LogP contribution in [0.15, 0.2) is 12.1 Å². The fraction of sp³-hybridized carbons (Fsp3) is 0.600. The topological polar surface area (TPSA) is 23.5 Å². The summed E-state index contributed by atoms with van der Waals surface area (Å²) in [6, 6.07) is 4.23. The van der Waals surface area contributed by atoms with E-state index < -0.39 is 0 Å². The van der Waals surface area contributed by atoms with E-state index in [-0.39, 0.29) is 0 Å². The van der Waals surface area contributed by atoms with Gasteiger partial charge < -0.3 is 10.0 Å². The number of hydrogen-bond acceptors (Lipinski definition) is 2. The molecule has 1 atom stereocenters. The van der Waals surface area contributed by atoms with Crippen molar-refractivity contribution in [2.75, 3.05) is 24.6 Å². The number of benzene rings is 1. The molecule has 0 aromatic heterocycles. The molecule has 1 aliphatic heterocycles. The molecule has 2 nitrogen and oxygen atoms in total. The van der Waals surface area contributed by atoms with E-state index in [2.05, 4.69) is 24.8 Å². The zero-order valence-electron chi connectivity index (χ0n) is 11.2. The first kappa shape index (κ1) is 13.7. The molecule has 1 unspecified atom stereocenters. The van der Waals surface area contributed by atoms with Gasteiger partial charge in [-0.3, -0.25) is 0 Å². The number of aliphatic hydroxyl groups is 1. The molecule has 0 bridgehead atoms. The third-order valence-corrected chi connectivity index (χ3v) is 4.06. The maximum absolute atomic E-state index is 9.08. The van der Waals surface area contributed by atoms with E-state index in [1.807, 2.05) is 6.07 Å². The molecule has 1 aromatic carbocycles. The quantitative estimate of drug-likeness (QED) is 0.905. The number of aliphatic hydroxyl groups excluding tert-OH is 1. The number of aryl methyl sites for hydroxylation is 2. The number of hydrogen-bond donors (Lipinski definition) is 1. The third kappa shape index (κ3) is 2.99. The van der Waals surface area contributed by atoms with Gasteiger partial charge in [0.15, 0.2) is 0 Å². The SMILES string of the molecule is Cc1cc(C)c(N2CCCC(CCO)C2)c(Cl)c1. The summed E-state index contributed by atoms with van der Waals surface area (Å²) in [6.07, 6.45) is 3.31. The van der Waals surface area contributed by atoms with Gasteiger partial charge in [-0.05, 0) is 56.2 Å². The monoisotopic (exact) mass is 267 g/mol. The van der Waals surface area contributed by atoms with Crippen LogP contribution >= 0.6 is 11.6 Å². The Kier molecular flexibility index (Phi) is 4.52. The zero-order valence-corrected chi connectivity index (χ0v) is 12.0. The highest BCUT2D eigenvalue weighted by molar-refractivity contribution is 6.33. The summed E-state index contributed by atoms with van der Waals surface area (Å²) < 4.78 is 0. The Balaban J connectivity index is 2.20. The summed E-state index contributed by atoms with van der Waals surface area (Å²) in [4.78, 5) is 2.39. The van der Waals surface area contributed by atoms with E-state index in [1.54, 1.807) is 0 Å². The fourth-order valence-electron chi connectivity index (χ4n) is 2.99. The van der Waals surface area contributed by atoms with Gasteiger partial charge in [0.05, 0.1) is 10.7 Å². The average molecular weight is 268 g/mol. The van der Waals surface area contributed by atoms with Crippen LogP contribution in [0.1, 0.15) is 30.4 Å². The summed E-state index contributed by atoms with van der Waals surface area (Å²) in [5.74, 6) is 0.598. The van der Waals surface area contributed by atoms with E-state index in [1.165, 1.54) is 29.7 Å². The second kappa shape index (κ2) is 5.94. The molecule has 1 heterocycles. The molecule has 18 heavy (non-hydrogen) atoms. The van der Waals surface area contributed by atoms with Gasteiger partial charge in [-0.15, -0.1) is 0 Å². The van der Waals surface area contributed by atoms with Crippen LogP contribution in [0.25, 0.3) is 0 Å². The molecule has 0 radical (unpaired) electrons. The van der Waals surface area contributed by atoms with E-state index in [9.17, 15) is 0 Å². The molecule has 1 aliphatic rings. The Morgan fingerprint density at radius 2 is 2.17 bits per heavy atom. The summed E-state index contributed by atoms with van der Waals surface area (Å²) in [5, 5.41) is 9.93. The van der Waals surface area contributed by atoms with Gasteiger partial charge in [0.1, 0.15) is 0 Å². The van der Waals surface area contributed by atoms with Crippen molar-refractivity contribution in [3.05, 3.63) is 28.3 Å². The van der Waals surface area contributed by atoms with Gasteiger partial charge in [0.25, 0.3) is 0 Å². The van der Waals surface area contributed by atoms with Crippen molar-refractivity contribution in [2.45, 2.75) is 33.1 Å². The molecule has 0 aliphatic carbocycles. The number of halogens is 1. The molecule has 3 heteroatoms. The lowest BCUT2D eigenvalue weighted by molar-refractivity contribution is 0.244. The molecular weight excluding hydrogens is 246 g/mol. The highest BCUT2D eigenvalue weighted by Gasteiger charge is 2.22. The number of rotatable bonds is 3. The standard InChI is InChI=1S/C15H22ClNO/c1-11-8-12(2)15(14(16)9-11)17-6-3-4-13(10-17)5-7-18/h8-9,13,18H,3-7,10H2,1-2H3. The first-order chi connectivity index (χ1) is 8.61. The minimum Gasteiger partial charge on any atom is -0.396 e. The minimum absolute atomic E-state index is 0.291. The number of nitrogens with zero attached hydrogens (tertiary/aromatic N) is 1. The molecule has 2 rings (SSSR count). The lowest BCUT2D eigenvalue weighted by atomic mass is 9.94. The van der Waals surface area contributed by atoms with Crippen LogP contribution in [-0.2, 0) is 0 Å². The van der Waals surface area contributed by atoms with Crippen molar-refractivity contribution in [3.8, 4) is 0 Å². The van der Waals surface area contributed by atoms with E-state index >= 15 is 0 Å². The predicted molar refractivity (Wildman–Crippen MR) is 77.6 cm³/mol. The maximum Gasteiger partial charge on any atom is 0.0644 e. The number of piperidine rings is 1. The van der Waals surface area contributed by atoms with E-state index in [0.717, 1.165) is 24.5 Å². The van der Waals surface area contributed by atoms with Gasteiger partial charge in [-0.1, -0.05) is 17.7 Å². The van der Waals surface area contributed by atoms with Crippen molar-refractivity contribution in [2.24, 2.45) is 5.92 Å². The molecule has 0 saturated carbocycles. The Labute approximate surface area is 115 Å². The van der Waals surface area contributed by atoms with Crippen molar-refractivity contribution < 1.29 is 5.11 Å². The van der Waals surface area contributed by atoms with Gasteiger partial charge in [-0.25, -0.2) is 0 Å². The van der Waals surface area contributed by atoms with E-state index in [4.69, 9.17) is 16.7 Å². The third-order valence-electron chi connectivity index (χ3n) is 3.77. The van der Waals surface area contributed by atoms with Gasteiger partial charge in [0.2, 0.25) is 0 Å². The van der Waals surface area contributed by atoms with Crippen molar-refractivity contribution >= 4 is 17.3 Å². The molecule has 1 fully saturated rings. The molecular formula is C15H22ClNO. The first-order valence-electron chi connectivity index (χ1n) is 6.74. The van der Waals surface area contributed by atoms with Crippen molar-refractivity contribution in [3.63, 3.8) is 0 Å². The first-order valence-corrected chi connectivity index (χ1v) is 7.12. The lowest BCUT2D eigenvalue weighted by Gasteiger charge is -2.35. The summed E-state index contributed by atoms with van der Waals surface area (Å²) in [6.45, 7) is 6.59. The van der Waals surface area contributed by atoms with Crippen LogP contribution < -0.4 is 4.90 Å². The Hall–Kier alpha value is -0.730.